The number of carbonyl (C=O) groups excluding carboxylic acids is 2. The lowest BCUT2D eigenvalue weighted by Gasteiger charge is -2.18. The molecular weight excluding hydrogens is 614 g/mol. The zero-order chi connectivity index (χ0) is 25.2. The van der Waals surface area contributed by atoms with E-state index in [1.165, 1.54) is 0 Å². The Morgan fingerprint density at radius 2 is 1.78 bits per heavy atom. The second-order valence-electron chi connectivity index (χ2n) is 9.74. The van der Waals surface area contributed by atoms with Gasteiger partial charge in [0.1, 0.15) is 6.61 Å². The number of amides is 2. The van der Waals surface area contributed by atoms with Crippen molar-refractivity contribution in [2.45, 2.75) is 26.4 Å². The maximum atomic E-state index is 13.2. The van der Waals surface area contributed by atoms with E-state index in [1.54, 1.807) is 24.4 Å². The zero-order valence-electron chi connectivity index (χ0n) is 19.4. The Balaban J connectivity index is 1.21. The Morgan fingerprint density at radius 1 is 1.08 bits per heavy atom. The normalized spacial score (nSPS) is 26.9. The molecule has 2 bridgehead atoms. The first-order valence-electron chi connectivity index (χ1n) is 12.0. The van der Waals surface area contributed by atoms with Crippen molar-refractivity contribution in [3.05, 3.63) is 67.2 Å². The van der Waals surface area contributed by atoms with Gasteiger partial charge in [0.2, 0.25) is 0 Å². The van der Waals surface area contributed by atoms with Crippen LogP contribution in [0.15, 0.2) is 47.6 Å². The summed E-state index contributed by atoms with van der Waals surface area (Å²) in [5, 5.41) is 6.51. The van der Waals surface area contributed by atoms with Crippen molar-refractivity contribution >= 4 is 63.8 Å². The van der Waals surface area contributed by atoms with Gasteiger partial charge in [0.15, 0.2) is 11.5 Å². The molecule has 3 fully saturated rings. The Morgan fingerprint density at radius 3 is 2.39 bits per heavy atom. The number of nitrogens with zero attached hydrogens (tertiary/aromatic N) is 2. The van der Waals surface area contributed by atoms with Crippen LogP contribution in [-0.4, -0.2) is 29.6 Å². The summed E-state index contributed by atoms with van der Waals surface area (Å²) in [5.74, 6) is 0.613. The predicted octanol–water partition coefficient (Wildman–Crippen LogP) is 6.11. The Hall–Kier alpha value is -2.10. The molecule has 0 radical (unpaired) electrons. The molecule has 0 unspecified atom stereocenters. The maximum Gasteiger partial charge on any atom is 0.254 e. The third kappa shape index (κ3) is 3.77. The number of benzene rings is 2. The molecule has 2 aromatic rings. The van der Waals surface area contributed by atoms with Gasteiger partial charge >= 0.3 is 0 Å². The van der Waals surface area contributed by atoms with E-state index in [0.29, 0.717) is 33.7 Å². The number of carbonyl (C=O) groups is 2. The van der Waals surface area contributed by atoms with Crippen LogP contribution in [0.3, 0.4) is 0 Å². The SMILES string of the molecule is CCOc1cc(/C=N\N2C(=O)[C@@H]3[C@@H](C2=O)[C@H]2C=C[C@H]3C23CC3)cc(I)c1OCc1ccc(Cl)cc1Cl. The van der Waals surface area contributed by atoms with Crippen LogP contribution in [0.4, 0.5) is 0 Å². The highest BCUT2D eigenvalue weighted by Crippen LogP contribution is 2.73. The Bertz CT molecular complexity index is 1310. The average Bonchev–Trinajstić information content (AvgIpc) is 3.44. The summed E-state index contributed by atoms with van der Waals surface area (Å²) in [6.07, 6.45) is 8.09. The number of fused-ring (bicyclic) bond motifs is 3. The smallest absolute Gasteiger partial charge is 0.254 e. The zero-order valence-corrected chi connectivity index (χ0v) is 23.1. The minimum Gasteiger partial charge on any atom is -0.490 e. The number of allylic oxidation sites excluding steroid dienone is 2. The van der Waals surface area contributed by atoms with Gasteiger partial charge in [-0.2, -0.15) is 10.1 Å². The van der Waals surface area contributed by atoms with Crippen molar-refractivity contribution in [3.8, 4) is 11.5 Å². The highest BCUT2D eigenvalue weighted by atomic mass is 127. The lowest BCUT2D eigenvalue weighted by molar-refractivity contribution is -0.141. The summed E-state index contributed by atoms with van der Waals surface area (Å²) in [4.78, 5) is 26.4. The molecule has 6 nitrogen and oxygen atoms in total. The van der Waals surface area contributed by atoms with Crippen LogP contribution >= 0.6 is 45.8 Å². The van der Waals surface area contributed by atoms with Crippen LogP contribution in [-0.2, 0) is 16.2 Å². The van der Waals surface area contributed by atoms with E-state index in [4.69, 9.17) is 32.7 Å². The van der Waals surface area contributed by atoms with Gasteiger partial charge in [-0.3, -0.25) is 9.59 Å². The molecule has 2 aromatic carbocycles. The molecule has 1 saturated heterocycles. The van der Waals surface area contributed by atoms with Crippen LogP contribution in [0.1, 0.15) is 30.9 Å². The molecule has 1 aliphatic heterocycles. The first-order chi connectivity index (χ1) is 17.3. The molecule has 4 atom stereocenters. The van der Waals surface area contributed by atoms with Gasteiger partial charge in [-0.05, 0) is 89.4 Å². The highest BCUT2D eigenvalue weighted by Gasteiger charge is 2.73. The van der Waals surface area contributed by atoms with Crippen LogP contribution in [0, 0.1) is 32.7 Å². The summed E-state index contributed by atoms with van der Waals surface area (Å²) in [7, 11) is 0. The van der Waals surface area contributed by atoms with Gasteiger partial charge in [0.25, 0.3) is 11.8 Å². The fourth-order valence-corrected chi connectivity index (χ4v) is 7.40. The summed E-state index contributed by atoms with van der Waals surface area (Å²) in [6.45, 7) is 2.58. The average molecular weight is 637 g/mol. The third-order valence-electron chi connectivity index (χ3n) is 7.87. The Kier molecular flexibility index (Phi) is 6.08. The molecule has 3 aliphatic carbocycles. The second-order valence-corrected chi connectivity index (χ2v) is 11.7. The Labute approximate surface area is 232 Å². The summed E-state index contributed by atoms with van der Waals surface area (Å²) < 4.78 is 12.7. The molecule has 36 heavy (non-hydrogen) atoms. The molecule has 4 aliphatic rings. The standard InChI is InChI=1S/C27H23Cl2IN2O4/c1-2-35-21-10-14(9-20(30)24(21)36-13-15-3-4-16(28)11-19(15)29)12-31-32-25(33)22-17-5-6-18(23(22)26(32)34)27(17)7-8-27/h3-6,9-12,17-18,22-23H,2,7-8,13H2,1H3/b31-12-/t17-,18-,22+,23+/m1/s1. The van der Waals surface area contributed by atoms with Crippen molar-refractivity contribution in [2.24, 2.45) is 34.2 Å². The minimum atomic E-state index is -0.262. The number of halogens is 3. The van der Waals surface area contributed by atoms with E-state index in [0.717, 1.165) is 27.0 Å². The van der Waals surface area contributed by atoms with Crippen molar-refractivity contribution in [1.29, 1.82) is 0 Å². The fourth-order valence-electron chi connectivity index (χ4n) is 6.16. The number of ether oxygens (including phenoxy) is 2. The van der Waals surface area contributed by atoms with Gasteiger partial charge in [-0.25, -0.2) is 0 Å². The lowest BCUT2D eigenvalue weighted by Crippen LogP contribution is -2.30. The first-order valence-corrected chi connectivity index (χ1v) is 13.8. The van der Waals surface area contributed by atoms with E-state index in [1.807, 2.05) is 19.1 Å². The van der Waals surface area contributed by atoms with Gasteiger partial charge in [-0.1, -0.05) is 41.4 Å². The van der Waals surface area contributed by atoms with E-state index < -0.39 is 0 Å². The van der Waals surface area contributed by atoms with Crippen LogP contribution in [0.25, 0.3) is 0 Å². The van der Waals surface area contributed by atoms with Gasteiger partial charge in [0.05, 0.1) is 28.2 Å². The second kappa shape index (κ2) is 9.03. The van der Waals surface area contributed by atoms with Crippen molar-refractivity contribution in [3.63, 3.8) is 0 Å². The molecule has 0 N–H and O–H groups in total. The molecule has 9 heteroatoms. The summed E-state index contributed by atoms with van der Waals surface area (Å²) >= 11 is 14.5. The molecule has 6 rings (SSSR count). The molecule has 186 valence electrons. The van der Waals surface area contributed by atoms with Gasteiger partial charge in [-0.15, -0.1) is 0 Å². The van der Waals surface area contributed by atoms with Crippen LogP contribution in [0.5, 0.6) is 11.5 Å². The number of hydrogen-bond donors (Lipinski definition) is 0. The maximum absolute atomic E-state index is 13.2. The topological polar surface area (TPSA) is 68.2 Å². The van der Waals surface area contributed by atoms with E-state index in [-0.39, 0.29) is 47.5 Å². The minimum absolute atomic E-state index is 0.172. The number of rotatable bonds is 7. The van der Waals surface area contributed by atoms with Crippen LogP contribution < -0.4 is 9.47 Å². The lowest BCUT2D eigenvalue weighted by atomic mass is 9.85. The van der Waals surface area contributed by atoms with Crippen molar-refractivity contribution in [2.75, 3.05) is 6.61 Å². The first kappa shape index (κ1) is 24.2. The third-order valence-corrected chi connectivity index (χ3v) is 9.26. The quantitative estimate of drug-likeness (QED) is 0.159. The summed E-state index contributed by atoms with van der Waals surface area (Å²) in [6, 6.07) is 8.94. The molecule has 2 amide bonds. The molecule has 1 heterocycles. The highest BCUT2D eigenvalue weighted by molar-refractivity contribution is 14.1. The number of hydrazone groups is 1. The molecular formula is C27H23Cl2IN2O4. The van der Waals surface area contributed by atoms with Crippen molar-refractivity contribution < 1.29 is 19.1 Å². The van der Waals surface area contributed by atoms with Gasteiger partial charge < -0.3 is 9.47 Å². The van der Waals surface area contributed by atoms with Crippen LogP contribution in [0.2, 0.25) is 10.0 Å². The van der Waals surface area contributed by atoms with Gasteiger partial charge in [0, 0.05) is 15.6 Å². The van der Waals surface area contributed by atoms with E-state index >= 15 is 0 Å². The van der Waals surface area contributed by atoms with E-state index in [2.05, 4.69) is 39.8 Å². The molecule has 1 spiro atoms. The molecule has 0 aromatic heterocycles. The van der Waals surface area contributed by atoms with Crippen molar-refractivity contribution in [1.82, 2.24) is 5.01 Å². The molecule has 2 saturated carbocycles. The predicted molar refractivity (Wildman–Crippen MR) is 145 cm³/mol. The number of imide groups is 1. The summed E-state index contributed by atoms with van der Waals surface area (Å²) in [5.41, 5.74) is 1.68. The van der Waals surface area contributed by atoms with E-state index in [9.17, 15) is 9.59 Å². The monoisotopic (exact) mass is 636 g/mol. The largest absolute Gasteiger partial charge is 0.490 e. The number of hydrogen-bond acceptors (Lipinski definition) is 5. The fraction of sp³-hybridized carbons (Fsp3) is 0.370.